The lowest BCUT2D eigenvalue weighted by molar-refractivity contribution is -0.118. The fraction of sp³-hybridized carbons (Fsp3) is 0.200. The van der Waals surface area contributed by atoms with Crippen LogP contribution in [0.4, 0.5) is 29.3 Å². The van der Waals surface area contributed by atoms with Crippen LogP contribution in [-0.2, 0) is 4.79 Å². The number of benzene rings is 3. The number of hydrogen-bond donors (Lipinski definition) is 3. The van der Waals surface area contributed by atoms with E-state index < -0.39 is 35.4 Å². The molecular formula is C25H22ClF3N4O2. The molecule has 4 N–H and O–H groups in total. The highest BCUT2D eigenvalue weighted by atomic mass is 35.5. The van der Waals surface area contributed by atoms with E-state index in [1.807, 2.05) is 0 Å². The molecule has 0 spiro atoms. The lowest BCUT2D eigenvalue weighted by Crippen LogP contribution is -2.43. The van der Waals surface area contributed by atoms with Crippen LogP contribution in [-0.4, -0.2) is 24.5 Å². The fourth-order valence-electron chi connectivity index (χ4n) is 3.92. The minimum Gasteiger partial charge on any atom is -0.326 e. The lowest BCUT2D eigenvalue weighted by Gasteiger charge is -2.19. The maximum Gasteiger partial charge on any atom is 0.319 e. The number of carbonyl (C=O) groups is 2. The molecule has 182 valence electrons. The van der Waals surface area contributed by atoms with Crippen LogP contribution < -0.4 is 21.3 Å². The van der Waals surface area contributed by atoms with E-state index in [4.69, 9.17) is 17.3 Å². The molecule has 0 saturated carbocycles. The third-order valence-electron chi connectivity index (χ3n) is 5.77. The summed E-state index contributed by atoms with van der Waals surface area (Å²) in [5.41, 5.74) is 6.81. The Morgan fingerprint density at radius 1 is 1.11 bits per heavy atom. The minimum absolute atomic E-state index is 0.0411. The Kier molecular flexibility index (Phi) is 7.00. The average Bonchev–Trinajstić information content (AvgIpc) is 3.17. The van der Waals surface area contributed by atoms with E-state index in [1.54, 1.807) is 31.2 Å². The molecule has 1 unspecified atom stereocenters. The molecule has 0 radical (unpaired) electrons. The summed E-state index contributed by atoms with van der Waals surface area (Å²) in [5.74, 6) is -3.61. The summed E-state index contributed by atoms with van der Waals surface area (Å²) in [4.78, 5) is 26.2. The summed E-state index contributed by atoms with van der Waals surface area (Å²) in [5, 5.41) is 4.90. The van der Waals surface area contributed by atoms with Gasteiger partial charge in [-0.05, 0) is 60.9 Å². The molecule has 35 heavy (non-hydrogen) atoms. The third-order valence-corrected chi connectivity index (χ3v) is 6.00. The molecule has 6 nitrogen and oxygen atoms in total. The van der Waals surface area contributed by atoms with Gasteiger partial charge in [-0.25, -0.2) is 18.0 Å². The number of amides is 3. The molecule has 1 saturated heterocycles. The predicted octanol–water partition coefficient (Wildman–Crippen LogP) is 5.37. The second kappa shape index (κ2) is 9.97. The number of nitrogens with two attached hydrogens (primary N) is 1. The van der Waals surface area contributed by atoms with Gasteiger partial charge in [0.25, 0.3) is 0 Å². The molecule has 3 aromatic rings. The predicted molar refractivity (Wildman–Crippen MR) is 129 cm³/mol. The van der Waals surface area contributed by atoms with Crippen molar-refractivity contribution < 1.29 is 22.8 Å². The molecule has 0 aromatic heterocycles. The molecule has 2 atom stereocenters. The molecule has 0 aliphatic carbocycles. The second-order valence-corrected chi connectivity index (χ2v) is 8.66. The Balaban J connectivity index is 1.49. The zero-order valence-electron chi connectivity index (χ0n) is 18.6. The monoisotopic (exact) mass is 502 g/mol. The van der Waals surface area contributed by atoms with E-state index in [9.17, 15) is 14.0 Å². The van der Waals surface area contributed by atoms with Crippen LogP contribution in [0.25, 0.3) is 11.1 Å². The summed E-state index contributed by atoms with van der Waals surface area (Å²) in [6.45, 7) is 1.85. The Morgan fingerprint density at radius 2 is 1.89 bits per heavy atom. The van der Waals surface area contributed by atoms with Crippen molar-refractivity contribution in [2.45, 2.75) is 25.4 Å². The summed E-state index contributed by atoms with van der Waals surface area (Å²) in [6.07, 6.45) is 0.161. The highest BCUT2D eigenvalue weighted by molar-refractivity contribution is 6.30. The van der Waals surface area contributed by atoms with Gasteiger partial charge < -0.3 is 21.3 Å². The van der Waals surface area contributed by atoms with Gasteiger partial charge in [-0.3, -0.25) is 4.79 Å². The first-order chi connectivity index (χ1) is 16.7. The molecule has 10 heteroatoms. The first kappa shape index (κ1) is 24.6. The highest BCUT2D eigenvalue weighted by Gasteiger charge is 2.36. The summed E-state index contributed by atoms with van der Waals surface area (Å²) < 4.78 is 43.9. The van der Waals surface area contributed by atoms with Gasteiger partial charge in [-0.15, -0.1) is 0 Å². The Bertz CT molecular complexity index is 1300. The number of carbonyl (C=O) groups excluding carboxylic acids is 2. The van der Waals surface area contributed by atoms with Crippen molar-refractivity contribution >= 4 is 34.9 Å². The maximum atomic E-state index is 15.0. The summed E-state index contributed by atoms with van der Waals surface area (Å²) >= 11 is 5.69. The number of urea groups is 1. The molecule has 1 heterocycles. The van der Waals surface area contributed by atoms with Crippen LogP contribution in [0, 0.1) is 17.5 Å². The first-order valence-corrected chi connectivity index (χ1v) is 11.2. The molecule has 4 rings (SSSR count). The van der Waals surface area contributed by atoms with Crippen LogP contribution in [0.2, 0.25) is 5.02 Å². The van der Waals surface area contributed by atoms with Gasteiger partial charge in [0.1, 0.15) is 11.9 Å². The molecule has 3 aromatic carbocycles. The van der Waals surface area contributed by atoms with Crippen LogP contribution in [0.1, 0.15) is 24.9 Å². The largest absolute Gasteiger partial charge is 0.326 e. The van der Waals surface area contributed by atoms with E-state index in [1.165, 1.54) is 24.3 Å². The van der Waals surface area contributed by atoms with Gasteiger partial charge in [0.05, 0.1) is 11.4 Å². The van der Waals surface area contributed by atoms with E-state index in [0.717, 1.165) is 16.5 Å². The zero-order valence-corrected chi connectivity index (χ0v) is 19.4. The van der Waals surface area contributed by atoms with Crippen LogP contribution in [0.5, 0.6) is 0 Å². The van der Waals surface area contributed by atoms with Crippen molar-refractivity contribution in [2.75, 3.05) is 16.8 Å². The summed E-state index contributed by atoms with van der Waals surface area (Å²) in [7, 11) is 0. The van der Waals surface area contributed by atoms with Crippen molar-refractivity contribution in [3.05, 3.63) is 82.6 Å². The lowest BCUT2D eigenvalue weighted by atomic mass is 9.99. The van der Waals surface area contributed by atoms with Crippen LogP contribution >= 0.6 is 11.6 Å². The fourth-order valence-corrected chi connectivity index (χ4v) is 4.08. The molecule has 1 aliphatic heterocycles. The number of rotatable bonds is 5. The number of hydrogen-bond acceptors (Lipinski definition) is 3. The second-order valence-electron chi connectivity index (χ2n) is 8.23. The van der Waals surface area contributed by atoms with Crippen molar-refractivity contribution in [3.8, 4) is 11.1 Å². The van der Waals surface area contributed by atoms with Gasteiger partial charge in [-0.2, -0.15) is 0 Å². The third kappa shape index (κ3) is 5.11. The Hall–Kier alpha value is -3.56. The zero-order chi connectivity index (χ0) is 25.3. The van der Waals surface area contributed by atoms with Gasteiger partial charge in [-0.1, -0.05) is 29.8 Å². The van der Waals surface area contributed by atoms with Crippen LogP contribution in [0.15, 0.2) is 54.6 Å². The standard InChI is InChI=1S/C25H22ClF3N4O2/c1-13(30)14-3-2-4-15(11-14)17-6-8-21(23(29)22(17)28)33-10-9-20(24(33)34)32-25(35)31-19-7-5-16(26)12-18(19)27/h2-8,11-13,20H,9-10,30H2,1H3,(H2,31,32,35)/t13?,20-/m1/s1. The number of anilines is 2. The highest BCUT2D eigenvalue weighted by Crippen LogP contribution is 2.33. The Morgan fingerprint density at radius 3 is 2.60 bits per heavy atom. The maximum absolute atomic E-state index is 15.0. The quantitative estimate of drug-likeness (QED) is 0.438. The molecule has 1 aliphatic rings. The van der Waals surface area contributed by atoms with Gasteiger partial charge in [0, 0.05) is 23.2 Å². The number of halogens is 4. The van der Waals surface area contributed by atoms with E-state index in [-0.39, 0.29) is 41.0 Å². The molecular weight excluding hydrogens is 481 g/mol. The minimum atomic E-state index is -1.17. The molecule has 0 bridgehead atoms. The number of nitrogens with zero attached hydrogens (tertiary/aromatic N) is 1. The smallest absolute Gasteiger partial charge is 0.319 e. The normalized spacial score (nSPS) is 16.3. The molecule has 1 fully saturated rings. The van der Waals surface area contributed by atoms with Gasteiger partial charge in [0.15, 0.2) is 11.6 Å². The van der Waals surface area contributed by atoms with Crippen molar-refractivity contribution in [3.63, 3.8) is 0 Å². The molecule has 3 amide bonds. The van der Waals surface area contributed by atoms with Gasteiger partial charge in [0.2, 0.25) is 5.91 Å². The number of nitrogens with one attached hydrogen (secondary N) is 2. The topological polar surface area (TPSA) is 87.5 Å². The van der Waals surface area contributed by atoms with Crippen molar-refractivity contribution in [1.82, 2.24) is 5.32 Å². The van der Waals surface area contributed by atoms with Crippen LogP contribution in [0.3, 0.4) is 0 Å². The van der Waals surface area contributed by atoms with E-state index >= 15 is 8.78 Å². The van der Waals surface area contributed by atoms with Gasteiger partial charge >= 0.3 is 6.03 Å². The summed E-state index contributed by atoms with van der Waals surface area (Å²) in [6, 6.07) is 11.2. The van der Waals surface area contributed by atoms with E-state index in [0.29, 0.717) is 5.56 Å². The van der Waals surface area contributed by atoms with E-state index in [2.05, 4.69) is 10.6 Å². The van der Waals surface area contributed by atoms with Crippen molar-refractivity contribution in [1.29, 1.82) is 0 Å². The SMILES string of the molecule is CC(N)c1cccc(-c2ccc(N3CC[C@@H](NC(=O)Nc4ccc(Cl)cc4F)C3=O)c(F)c2F)c1. The first-order valence-electron chi connectivity index (χ1n) is 10.8. The Labute approximate surface area is 204 Å². The average molecular weight is 503 g/mol. The van der Waals surface area contributed by atoms with Crippen molar-refractivity contribution in [2.24, 2.45) is 5.73 Å².